The Kier molecular flexibility index (Phi) is 4.87. The number of fused-ring (bicyclic) bond motifs is 1. The summed E-state index contributed by atoms with van der Waals surface area (Å²) in [7, 11) is 3.87. The molecule has 0 unspecified atom stereocenters. The van der Waals surface area contributed by atoms with E-state index in [1.165, 1.54) is 0 Å². The maximum absolute atomic E-state index is 13.4. The molecule has 0 aliphatic carbocycles. The van der Waals surface area contributed by atoms with Crippen molar-refractivity contribution in [1.82, 2.24) is 14.8 Å². The van der Waals surface area contributed by atoms with E-state index in [4.69, 9.17) is 4.98 Å². The lowest BCUT2D eigenvalue weighted by Crippen LogP contribution is -2.43. The molecule has 0 radical (unpaired) electrons. The number of likely N-dealkylation sites (N-methyl/N-ethyl adjacent to an activating group) is 1. The number of pyridine rings is 1. The number of carbonyl (C=O) groups is 1. The molecule has 1 saturated heterocycles. The van der Waals surface area contributed by atoms with Gasteiger partial charge in [0.15, 0.2) is 0 Å². The zero-order valence-corrected chi connectivity index (χ0v) is 16.3. The highest BCUT2D eigenvalue weighted by Crippen LogP contribution is 2.29. The molecule has 0 bridgehead atoms. The molecule has 3 aromatic rings. The van der Waals surface area contributed by atoms with Gasteiger partial charge in [0.2, 0.25) is 0 Å². The summed E-state index contributed by atoms with van der Waals surface area (Å²) in [6.07, 6.45) is 0.589. The third-order valence-electron chi connectivity index (χ3n) is 5.25. The number of amides is 1. The maximum atomic E-state index is 13.4. The Morgan fingerprint density at radius 1 is 1.14 bits per heavy atom. The van der Waals surface area contributed by atoms with Gasteiger partial charge >= 0.3 is 0 Å². The van der Waals surface area contributed by atoms with Crippen LogP contribution in [-0.4, -0.2) is 65.1 Å². The van der Waals surface area contributed by atoms with Gasteiger partial charge in [-0.15, -0.1) is 0 Å². The molecule has 1 N–H and O–H groups in total. The molecular weight excluding hydrogens is 350 g/mol. The fourth-order valence-electron chi connectivity index (χ4n) is 4.03. The first-order valence-corrected chi connectivity index (χ1v) is 9.57. The summed E-state index contributed by atoms with van der Waals surface area (Å²) in [6.45, 7) is 1.45. The van der Waals surface area contributed by atoms with Crippen molar-refractivity contribution in [2.75, 3.05) is 33.7 Å². The van der Waals surface area contributed by atoms with Crippen molar-refractivity contribution < 1.29 is 9.90 Å². The molecule has 1 aliphatic rings. The predicted molar refractivity (Wildman–Crippen MR) is 111 cm³/mol. The van der Waals surface area contributed by atoms with E-state index in [-0.39, 0.29) is 5.91 Å². The molecule has 28 heavy (non-hydrogen) atoms. The first kappa shape index (κ1) is 18.6. The van der Waals surface area contributed by atoms with E-state index in [2.05, 4.69) is 0 Å². The monoisotopic (exact) mass is 375 g/mol. The van der Waals surface area contributed by atoms with Crippen molar-refractivity contribution in [3.05, 3.63) is 66.2 Å². The Morgan fingerprint density at radius 2 is 1.86 bits per heavy atom. The van der Waals surface area contributed by atoms with Crippen LogP contribution in [0.2, 0.25) is 0 Å². The number of hydrogen-bond donors (Lipinski definition) is 1. The second-order valence-corrected chi connectivity index (χ2v) is 7.88. The largest absolute Gasteiger partial charge is 0.387 e. The number of carbonyl (C=O) groups excluding carboxylic acids is 1. The molecule has 0 saturated carbocycles. The smallest absolute Gasteiger partial charge is 0.254 e. The number of hydrogen-bond acceptors (Lipinski definition) is 4. The summed E-state index contributed by atoms with van der Waals surface area (Å²) in [5.74, 6) is -0.0505. The molecular formula is C23H25N3O2. The van der Waals surface area contributed by atoms with E-state index in [0.29, 0.717) is 31.6 Å². The Balaban J connectivity index is 1.73. The Hall–Kier alpha value is -2.76. The normalized spacial score (nSPS) is 19.5. The minimum atomic E-state index is -0.857. The van der Waals surface area contributed by atoms with Gasteiger partial charge in [0.1, 0.15) is 0 Å². The first-order valence-electron chi connectivity index (χ1n) is 9.57. The highest BCUT2D eigenvalue weighted by Gasteiger charge is 2.39. The van der Waals surface area contributed by atoms with E-state index in [0.717, 1.165) is 22.2 Å². The number of β-amino-alcohol motifs (C(OH)–C–C–N with tert-alkyl or cyclic N) is 1. The summed E-state index contributed by atoms with van der Waals surface area (Å²) in [5, 5.41) is 11.7. The minimum Gasteiger partial charge on any atom is -0.387 e. The second kappa shape index (κ2) is 7.34. The number of benzene rings is 2. The predicted octanol–water partition coefficient (Wildman–Crippen LogP) is 3.04. The number of nitrogens with zero attached hydrogens (tertiary/aromatic N) is 3. The topological polar surface area (TPSA) is 56.7 Å². The first-order chi connectivity index (χ1) is 13.5. The van der Waals surface area contributed by atoms with Crippen molar-refractivity contribution in [3.8, 4) is 11.3 Å². The van der Waals surface area contributed by atoms with Crippen LogP contribution in [0.4, 0.5) is 0 Å². The molecule has 1 aliphatic heterocycles. The number of aliphatic hydroxyl groups is 1. The minimum absolute atomic E-state index is 0.0505. The molecule has 0 spiro atoms. The number of rotatable bonds is 4. The molecule has 2 aromatic carbocycles. The SMILES string of the molecule is CN(C)C[C@]1(O)CCN(C(=O)c2cc(-c3ccccc3)nc3ccccc23)C1. The average molecular weight is 375 g/mol. The van der Waals surface area contributed by atoms with Crippen molar-refractivity contribution in [2.24, 2.45) is 0 Å². The van der Waals surface area contributed by atoms with Crippen LogP contribution in [0, 0.1) is 0 Å². The summed E-state index contributed by atoms with van der Waals surface area (Å²) in [5.41, 5.74) is 2.34. The van der Waals surface area contributed by atoms with Crippen LogP contribution in [0.5, 0.6) is 0 Å². The molecule has 1 fully saturated rings. The summed E-state index contributed by atoms with van der Waals surface area (Å²) >= 11 is 0. The summed E-state index contributed by atoms with van der Waals surface area (Å²) in [4.78, 5) is 21.9. The van der Waals surface area contributed by atoms with Gasteiger partial charge in [0, 0.05) is 24.0 Å². The van der Waals surface area contributed by atoms with Crippen molar-refractivity contribution in [1.29, 1.82) is 0 Å². The fourth-order valence-corrected chi connectivity index (χ4v) is 4.03. The van der Waals surface area contributed by atoms with Crippen LogP contribution < -0.4 is 0 Å². The van der Waals surface area contributed by atoms with Crippen LogP contribution in [0.3, 0.4) is 0 Å². The van der Waals surface area contributed by atoms with E-state index in [1.54, 1.807) is 4.90 Å². The van der Waals surface area contributed by atoms with Gasteiger partial charge in [-0.05, 0) is 32.6 Å². The molecule has 1 amide bonds. The highest BCUT2D eigenvalue weighted by atomic mass is 16.3. The lowest BCUT2D eigenvalue weighted by atomic mass is 10.0. The van der Waals surface area contributed by atoms with Gasteiger partial charge in [-0.1, -0.05) is 48.5 Å². The van der Waals surface area contributed by atoms with E-state index in [9.17, 15) is 9.90 Å². The summed E-state index contributed by atoms with van der Waals surface area (Å²) < 4.78 is 0. The average Bonchev–Trinajstić information content (AvgIpc) is 3.08. The van der Waals surface area contributed by atoms with Crippen molar-refractivity contribution in [3.63, 3.8) is 0 Å². The van der Waals surface area contributed by atoms with E-state index < -0.39 is 5.60 Å². The van der Waals surface area contributed by atoms with E-state index in [1.807, 2.05) is 79.7 Å². The summed E-state index contributed by atoms with van der Waals surface area (Å²) in [6, 6.07) is 19.5. The molecule has 5 nitrogen and oxygen atoms in total. The number of likely N-dealkylation sites (tertiary alicyclic amines) is 1. The molecule has 2 heterocycles. The third-order valence-corrected chi connectivity index (χ3v) is 5.25. The fraction of sp³-hybridized carbons (Fsp3) is 0.304. The highest BCUT2D eigenvalue weighted by molar-refractivity contribution is 6.07. The quantitative estimate of drug-likeness (QED) is 0.762. The van der Waals surface area contributed by atoms with Gasteiger partial charge in [-0.3, -0.25) is 4.79 Å². The molecule has 4 rings (SSSR count). The van der Waals surface area contributed by atoms with Gasteiger partial charge in [-0.2, -0.15) is 0 Å². The van der Waals surface area contributed by atoms with Crippen LogP contribution in [0.1, 0.15) is 16.8 Å². The van der Waals surface area contributed by atoms with Gasteiger partial charge in [0.05, 0.1) is 28.9 Å². The Labute approximate surface area is 165 Å². The van der Waals surface area contributed by atoms with Crippen LogP contribution in [0.15, 0.2) is 60.7 Å². The number of aromatic nitrogens is 1. The van der Waals surface area contributed by atoms with Crippen LogP contribution in [-0.2, 0) is 0 Å². The van der Waals surface area contributed by atoms with Crippen LogP contribution >= 0.6 is 0 Å². The zero-order valence-electron chi connectivity index (χ0n) is 16.3. The molecule has 5 heteroatoms. The molecule has 144 valence electrons. The maximum Gasteiger partial charge on any atom is 0.254 e. The Bertz CT molecular complexity index is 1000. The number of para-hydroxylation sites is 1. The Morgan fingerprint density at radius 3 is 2.61 bits per heavy atom. The molecule has 1 aromatic heterocycles. The van der Waals surface area contributed by atoms with Crippen molar-refractivity contribution in [2.45, 2.75) is 12.0 Å². The second-order valence-electron chi connectivity index (χ2n) is 7.88. The zero-order chi connectivity index (χ0) is 19.7. The van der Waals surface area contributed by atoms with Crippen molar-refractivity contribution >= 4 is 16.8 Å². The van der Waals surface area contributed by atoms with Gasteiger partial charge in [-0.25, -0.2) is 4.98 Å². The van der Waals surface area contributed by atoms with E-state index >= 15 is 0 Å². The van der Waals surface area contributed by atoms with Gasteiger partial charge < -0.3 is 14.9 Å². The van der Waals surface area contributed by atoms with Crippen LogP contribution in [0.25, 0.3) is 22.2 Å². The third kappa shape index (κ3) is 3.63. The molecule has 1 atom stereocenters. The standard InChI is InChI=1S/C23H25N3O2/c1-25(2)15-23(28)12-13-26(16-23)22(27)19-14-21(17-8-4-3-5-9-17)24-20-11-7-6-10-18(19)20/h3-11,14,28H,12-13,15-16H2,1-2H3/t23-/m1/s1. The van der Waals surface area contributed by atoms with Gasteiger partial charge in [0.25, 0.3) is 5.91 Å². The lowest BCUT2D eigenvalue weighted by Gasteiger charge is -2.26. The lowest BCUT2D eigenvalue weighted by molar-refractivity contribution is 0.0236.